The maximum atomic E-state index is 11.7. The van der Waals surface area contributed by atoms with Crippen LogP contribution >= 0.6 is 0 Å². The molecule has 0 radical (unpaired) electrons. The van der Waals surface area contributed by atoms with Crippen molar-refractivity contribution >= 4 is 33.7 Å². The van der Waals surface area contributed by atoms with Crippen molar-refractivity contribution < 1.29 is 14.7 Å². The SMILES string of the molecule is Cc1cc(C(N)=O)ccc1-n1c2ccc(-n3ccnc3)cc2c2ccc(CCC(=O)O)cc21. The van der Waals surface area contributed by atoms with Crippen molar-refractivity contribution in [2.45, 2.75) is 19.8 Å². The summed E-state index contributed by atoms with van der Waals surface area (Å²) in [5, 5.41) is 11.2. The highest BCUT2D eigenvalue weighted by Gasteiger charge is 2.16. The van der Waals surface area contributed by atoms with Gasteiger partial charge in [-0.2, -0.15) is 0 Å². The number of nitrogens with zero attached hydrogens (tertiary/aromatic N) is 3. The minimum Gasteiger partial charge on any atom is -0.481 e. The molecule has 33 heavy (non-hydrogen) atoms. The van der Waals surface area contributed by atoms with E-state index in [9.17, 15) is 9.59 Å². The van der Waals surface area contributed by atoms with E-state index >= 15 is 0 Å². The van der Waals surface area contributed by atoms with Crippen molar-refractivity contribution in [3.63, 3.8) is 0 Å². The first kappa shape index (κ1) is 20.5. The molecule has 0 saturated carbocycles. The number of benzene rings is 3. The highest BCUT2D eigenvalue weighted by atomic mass is 16.4. The summed E-state index contributed by atoms with van der Waals surface area (Å²) in [6.45, 7) is 1.95. The van der Waals surface area contributed by atoms with Crippen molar-refractivity contribution in [2.24, 2.45) is 5.73 Å². The number of nitrogens with two attached hydrogens (primary N) is 1. The second-order valence-electron chi connectivity index (χ2n) is 8.12. The van der Waals surface area contributed by atoms with Crippen molar-refractivity contribution in [2.75, 3.05) is 0 Å². The number of imidazole rings is 1. The van der Waals surface area contributed by atoms with Crippen LogP contribution in [0, 0.1) is 6.92 Å². The lowest BCUT2D eigenvalue weighted by molar-refractivity contribution is -0.136. The molecule has 0 aliphatic rings. The summed E-state index contributed by atoms with van der Waals surface area (Å²) in [6.07, 6.45) is 5.93. The Bertz CT molecular complexity index is 1530. The lowest BCUT2D eigenvalue weighted by Gasteiger charge is -2.13. The largest absolute Gasteiger partial charge is 0.481 e. The van der Waals surface area contributed by atoms with Gasteiger partial charge in [0.05, 0.1) is 17.4 Å². The van der Waals surface area contributed by atoms with Crippen molar-refractivity contribution in [3.8, 4) is 11.4 Å². The summed E-state index contributed by atoms with van der Waals surface area (Å²) in [7, 11) is 0. The number of hydrogen-bond acceptors (Lipinski definition) is 3. The second-order valence-corrected chi connectivity index (χ2v) is 8.12. The van der Waals surface area contributed by atoms with E-state index in [1.807, 2.05) is 35.9 Å². The number of carbonyl (C=O) groups excluding carboxylic acids is 1. The van der Waals surface area contributed by atoms with Gasteiger partial charge < -0.3 is 20.0 Å². The van der Waals surface area contributed by atoms with E-state index in [4.69, 9.17) is 10.8 Å². The molecule has 5 rings (SSSR count). The predicted octanol–water partition coefficient (Wildman–Crippen LogP) is 4.39. The smallest absolute Gasteiger partial charge is 0.303 e. The first-order chi connectivity index (χ1) is 15.9. The van der Waals surface area contributed by atoms with Crippen LogP contribution in [0.5, 0.6) is 0 Å². The van der Waals surface area contributed by atoms with Crippen LogP contribution in [-0.4, -0.2) is 31.1 Å². The zero-order valence-corrected chi connectivity index (χ0v) is 18.0. The molecular weight excluding hydrogens is 416 g/mol. The Morgan fingerprint density at radius 2 is 1.85 bits per heavy atom. The molecule has 0 bridgehead atoms. The molecule has 0 fully saturated rings. The predicted molar refractivity (Wildman–Crippen MR) is 127 cm³/mol. The third kappa shape index (κ3) is 3.63. The number of carbonyl (C=O) groups is 2. The molecule has 1 amide bonds. The average molecular weight is 438 g/mol. The summed E-state index contributed by atoms with van der Waals surface area (Å²) in [4.78, 5) is 26.9. The first-order valence-electron chi connectivity index (χ1n) is 10.6. The maximum Gasteiger partial charge on any atom is 0.303 e. The number of carboxylic acid groups (broad SMARTS) is 1. The van der Waals surface area contributed by atoms with Crippen LogP contribution in [-0.2, 0) is 11.2 Å². The van der Waals surface area contributed by atoms with Gasteiger partial charge in [0.1, 0.15) is 0 Å². The molecule has 164 valence electrons. The number of hydrogen-bond donors (Lipinski definition) is 2. The van der Waals surface area contributed by atoms with Gasteiger partial charge in [0.15, 0.2) is 0 Å². The number of fused-ring (bicyclic) bond motifs is 3. The van der Waals surface area contributed by atoms with Crippen molar-refractivity contribution in [1.82, 2.24) is 14.1 Å². The summed E-state index contributed by atoms with van der Waals surface area (Å²) in [6, 6.07) is 17.8. The van der Waals surface area contributed by atoms with E-state index in [-0.39, 0.29) is 6.42 Å². The number of amides is 1. The van der Waals surface area contributed by atoms with E-state index < -0.39 is 11.9 Å². The Balaban J connectivity index is 1.78. The highest BCUT2D eigenvalue weighted by molar-refractivity contribution is 6.10. The molecule has 0 atom stereocenters. The average Bonchev–Trinajstić information content (AvgIpc) is 3.43. The molecule has 0 saturated heterocycles. The Morgan fingerprint density at radius 1 is 1.00 bits per heavy atom. The van der Waals surface area contributed by atoms with Crippen LogP contribution in [0.15, 0.2) is 73.3 Å². The molecule has 3 N–H and O–H groups in total. The highest BCUT2D eigenvalue weighted by Crippen LogP contribution is 2.35. The summed E-state index contributed by atoms with van der Waals surface area (Å²) in [5.41, 5.74) is 11.7. The molecule has 0 unspecified atom stereocenters. The Kier molecular flexibility index (Phi) is 4.94. The Hall–Kier alpha value is -4.39. The van der Waals surface area contributed by atoms with Crippen LogP contribution < -0.4 is 5.73 Å². The van der Waals surface area contributed by atoms with Crippen molar-refractivity contribution in [3.05, 3.63) is 90.0 Å². The molecule has 5 aromatic rings. The Labute approximate surface area is 189 Å². The third-order valence-corrected chi connectivity index (χ3v) is 5.97. The third-order valence-electron chi connectivity index (χ3n) is 5.97. The molecule has 2 heterocycles. The van der Waals surface area contributed by atoms with Gasteiger partial charge in [-0.1, -0.05) is 12.1 Å². The summed E-state index contributed by atoms with van der Waals surface area (Å²) in [5.74, 6) is -1.29. The fourth-order valence-corrected chi connectivity index (χ4v) is 4.35. The molecule has 7 heteroatoms. The van der Waals surface area contributed by atoms with E-state index in [1.165, 1.54) is 0 Å². The second kappa shape index (κ2) is 7.94. The number of aromatic nitrogens is 3. The monoisotopic (exact) mass is 438 g/mol. The van der Waals surface area contributed by atoms with Gasteiger partial charge >= 0.3 is 5.97 Å². The standard InChI is InChI=1S/C26H22N4O3/c1-16-12-18(26(27)33)4-7-22(16)30-23-8-5-19(29-11-10-28-15-29)14-21(23)20-6-2-17(13-24(20)30)3-9-25(31)32/h2,4-8,10-15H,3,9H2,1H3,(H2,27,33)(H,31,32). The molecule has 0 aliphatic carbocycles. The van der Waals surface area contributed by atoms with Crippen LogP contribution in [0.1, 0.15) is 27.9 Å². The van der Waals surface area contributed by atoms with E-state index in [0.29, 0.717) is 12.0 Å². The molecule has 0 spiro atoms. The molecule has 0 aliphatic heterocycles. The van der Waals surface area contributed by atoms with Crippen LogP contribution in [0.25, 0.3) is 33.2 Å². The van der Waals surface area contributed by atoms with Gasteiger partial charge in [-0.3, -0.25) is 9.59 Å². The number of rotatable bonds is 6. The van der Waals surface area contributed by atoms with Gasteiger partial charge in [-0.15, -0.1) is 0 Å². The number of aryl methyl sites for hydroxylation is 2. The quantitative estimate of drug-likeness (QED) is 0.410. The minimum absolute atomic E-state index is 0.0723. The normalized spacial score (nSPS) is 11.3. The number of aliphatic carboxylic acids is 1. The fourth-order valence-electron chi connectivity index (χ4n) is 4.35. The van der Waals surface area contributed by atoms with Crippen molar-refractivity contribution in [1.29, 1.82) is 0 Å². The number of primary amides is 1. The minimum atomic E-state index is -0.821. The van der Waals surface area contributed by atoms with Gasteiger partial charge in [0.25, 0.3) is 0 Å². The van der Waals surface area contributed by atoms with E-state index in [0.717, 1.165) is 44.3 Å². The lowest BCUT2D eigenvalue weighted by atomic mass is 10.1. The van der Waals surface area contributed by atoms with E-state index in [1.54, 1.807) is 24.7 Å². The maximum absolute atomic E-state index is 11.7. The molecule has 3 aromatic carbocycles. The van der Waals surface area contributed by atoms with Crippen LogP contribution in [0.3, 0.4) is 0 Å². The van der Waals surface area contributed by atoms with Crippen LogP contribution in [0.4, 0.5) is 0 Å². The summed E-state index contributed by atoms with van der Waals surface area (Å²) >= 11 is 0. The van der Waals surface area contributed by atoms with E-state index in [2.05, 4.69) is 33.8 Å². The summed E-state index contributed by atoms with van der Waals surface area (Å²) < 4.78 is 4.11. The fraction of sp³-hybridized carbons (Fsp3) is 0.115. The topological polar surface area (TPSA) is 103 Å². The zero-order chi connectivity index (χ0) is 23.1. The zero-order valence-electron chi connectivity index (χ0n) is 18.0. The number of carboxylic acids is 1. The first-order valence-corrected chi connectivity index (χ1v) is 10.6. The van der Waals surface area contributed by atoms with Gasteiger partial charge in [-0.05, 0) is 66.9 Å². The van der Waals surface area contributed by atoms with Gasteiger partial charge in [0.2, 0.25) is 5.91 Å². The molecule has 2 aromatic heterocycles. The molecular formula is C26H22N4O3. The van der Waals surface area contributed by atoms with Gasteiger partial charge in [-0.25, -0.2) is 4.98 Å². The van der Waals surface area contributed by atoms with Crippen LogP contribution in [0.2, 0.25) is 0 Å². The van der Waals surface area contributed by atoms with Gasteiger partial charge in [0, 0.05) is 46.5 Å². The molecule has 7 nitrogen and oxygen atoms in total. The lowest BCUT2D eigenvalue weighted by Crippen LogP contribution is -2.11. The Morgan fingerprint density at radius 3 is 2.55 bits per heavy atom.